The Kier molecular flexibility index (Phi) is 5.18. The first-order valence-electron chi connectivity index (χ1n) is 7.51. The van der Waals surface area contributed by atoms with Crippen molar-refractivity contribution in [3.63, 3.8) is 0 Å². The van der Waals surface area contributed by atoms with Gasteiger partial charge in [-0.2, -0.15) is 0 Å². The van der Waals surface area contributed by atoms with Crippen molar-refractivity contribution < 1.29 is 5.11 Å². The van der Waals surface area contributed by atoms with E-state index in [9.17, 15) is 5.11 Å². The van der Waals surface area contributed by atoms with E-state index in [0.717, 1.165) is 16.2 Å². The van der Waals surface area contributed by atoms with Crippen LogP contribution in [0.1, 0.15) is 11.4 Å². The molecular weight excluding hydrogens is 358 g/mol. The number of hydrogen-bond donors (Lipinski definition) is 1. The predicted octanol–water partition coefficient (Wildman–Crippen LogP) is 5.08. The average Bonchev–Trinajstić information content (AvgIpc) is 2.64. The van der Waals surface area contributed by atoms with Crippen LogP contribution in [0.3, 0.4) is 0 Å². The van der Waals surface area contributed by atoms with Crippen molar-refractivity contribution in [2.75, 3.05) is 0 Å². The number of hydrogen-bond acceptors (Lipinski definition) is 1. The molecule has 4 heteroatoms. The second kappa shape index (κ2) is 7.17. The number of aliphatic hydroxyl groups excluding tert-OH is 1. The molecule has 1 N–H and O–H groups in total. The second-order valence-electron chi connectivity index (χ2n) is 5.59. The van der Waals surface area contributed by atoms with Crippen LogP contribution in [0.5, 0.6) is 0 Å². The molecule has 3 aromatic carbocycles. The van der Waals surface area contributed by atoms with E-state index in [1.165, 1.54) is 0 Å². The van der Waals surface area contributed by atoms with Crippen LogP contribution in [0.4, 0.5) is 0 Å². The molecular formula is C20H17Cl2OP. The topological polar surface area (TPSA) is 20.2 Å². The van der Waals surface area contributed by atoms with Gasteiger partial charge < -0.3 is 5.11 Å². The highest BCUT2D eigenvalue weighted by atomic mass is 35.5. The van der Waals surface area contributed by atoms with Crippen molar-refractivity contribution in [1.82, 2.24) is 0 Å². The highest BCUT2D eigenvalue weighted by molar-refractivity contribution is 7.87. The van der Waals surface area contributed by atoms with E-state index in [1.54, 1.807) is 12.1 Å². The molecule has 0 aliphatic rings. The third-order valence-electron chi connectivity index (χ3n) is 4.09. The van der Waals surface area contributed by atoms with E-state index < -0.39 is 12.7 Å². The van der Waals surface area contributed by atoms with Gasteiger partial charge in [-0.1, -0.05) is 96.2 Å². The Morgan fingerprint density at radius 2 is 1.25 bits per heavy atom. The zero-order chi connectivity index (χ0) is 17.2. The van der Waals surface area contributed by atoms with Crippen LogP contribution in [0, 0.1) is 0 Å². The standard InChI is InChI=1S/C20H17Cl2OP/c1-24(16-8-4-2-5-9-16,17-10-6-3-7-11-17)20(23)15-12-13-18(21)19(22)14-15/h2-14,20,23H,1H2/t20-/m1/s1. The van der Waals surface area contributed by atoms with Gasteiger partial charge in [0.05, 0.1) is 10.0 Å². The molecule has 0 unspecified atom stereocenters. The van der Waals surface area contributed by atoms with Crippen LogP contribution in [0.25, 0.3) is 0 Å². The summed E-state index contributed by atoms with van der Waals surface area (Å²) in [6.07, 6.45) is 4.52. The van der Waals surface area contributed by atoms with E-state index in [2.05, 4.69) is 6.30 Å². The fraction of sp³-hybridized carbons (Fsp3) is 0.0500. The van der Waals surface area contributed by atoms with Gasteiger partial charge in [0, 0.05) is 0 Å². The molecule has 24 heavy (non-hydrogen) atoms. The summed E-state index contributed by atoms with van der Waals surface area (Å²) in [7, 11) is 0. The molecule has 0 saturated carbocycles. The number of halogens is 2. The second-order valence-corrected chi connectivity index (χ2v) is 9.66. The summed E-state index contributed by atoms with van der Waals surface area (Å²) in [5.74, 6) is -0.767. The van der Waals surface area contributed by atoms with E-state index in [0.29, 0.717) is 10.0 Å². The lowest BCUT2D eigenvalue weighted by Gasteiger charge is -2.31. The fourth-order valence-corrected chi connectivity index (χ4v) is 5.99. The zero-order valence-electron chi connectivity index (χ0n) is 12.9. The minimum absolute atomic E-state index is 0.431. The molecule has 0 radical (unpaired) electrons. The summed E-state index contributed by atoms with van der Waals surface area (Å²) in [5.41, 5.74) is 0.723. The SMILES string of the molecule is C=P(c1ccccc1)(c1ccccc1)[C@@H](O)c1ccc(Cl)c(Cl)c1. The molecule has 0 aliphatic heterocycles. The monoisotopic (exact) mass is 374 g/mol. The van der Waals surface area contributed by atoms with Gasteiger partial charge in [0.25, 0.3) is 0 Å². The average molecular weight is 375 g/mol. The van der Waals surface area contributed by atoms with E-state index >= 15 is 0 Å². The van der Waals surface area contributed by atoms with E-state index in [1.807, 2.05) is 66.7 Å². The van der Waals surface area contributed by atoms with E-state index in [-0.39, 0.29) is 0 Å². The van der Waals surface area contributed by atoms with Crippen molar-refractivity contribution >= 4 is 47.0 Å². The lowest BCUT2D eigenvalue weighted by atomic mass is 10.2. The Hall–Kier alpha value is -1.50. The maximum absolute atomic E-state index is 11.2. The summed E-state index contributed by atoms with van der Waals surface area (Å²) in [6.45, 7) is -2.32. The Labute approximate surface area is 152 Å². The summed E-state index contributed by atoms with van der Waals surface area (Å²) in [5, 5.41) is 14.2. The zero-order valence-corrected chi connectivity index (χ0v) is 15.3. The lowest BCUT2D eigenvalue weighted by molar-refractivity contribution is 0.265. The van der Waals surface area contributed by atoms with Crippen LogP contribution < -0.4 is 10.6 Å². The maximum atomic E-state index is 11.2. The molecule has 1 nitrogen and oxygen atoms in total. The smallest absolute Gasteiger partial charge is 0.105 e. The third-order valence-corrected chi connectivity index (χ3v) is 8.40. The molecule has 0 bridgehead atoms. The number of rotatable bonds is 4. The van der Waals surface area contributed by atoms with Gasteiger partial charge in [-0.15, -0.1) is 0 Å². The minimum Gasteiger partial charge on any atom is -0.383 e. The van der Waals surface area contributed by atoms with Crippen LogP contribution in [-0.2, 0) is 0 Å². The first-order chi connectivity index (χ1) is 11.5. The Morgan fingerprint density at radius 1 is 0.750 bits per heavy atom. The maximum Gasteiger partial charge on any atom is 0.105 e. The predicted molar refractivity (Wildman–Crippen MR) is 108 cm³/mol. The molecule has 0 heterocycles. The molecule has 3 aromatic rings. The Bertz CT molecular complexity index is 835. The van der Waals surface area contributed by atoms with Gasteiger partial charge in [0.15, 0.2) is 0 Å². The van der Waals surface area contributed by atoms with Crippen LogP contribution >= 0.6 is 30.1 Å². The van der Waals surface area contributed by atoms with Crippen LogP contribution in [-0.4, -0.2) is 11.4 Å². The normalized spacial score (nSPS) is 12.8. The molecule has 0 aliphatic carbocycles. The third kappa shape index (κ3) is 3.18. The van der Waals surface area contributed by atoms with Gasteiger partial charge in [0.1, 0.15) is 5.85 Å². The van der Waals surface area contributed by atoms with Crippen molar-refractivity contribution in [1.29, 1.82) is 0 Å². The first-order valence-corrected chi connectivity index (χ1v) is 10.3. The molecule has 0 saturated heterocycles. The molecule has 3 rings (SSSR count). The van der Waals surface area contributed by atoms with Crippen LogP contribution in [0.2, 0.25) is 10.0 Å². The molecule has 1 atom stereocenters. The minimum atomic E-state index is -2.32. The Balaban J connectivity index is 2.18. The van der Waals surface area contributed by atoms with Crippen molar-refractivity contribution in [2.45, 2.75) is 5.85 Å². The molecule has 0 fully saturated rings. The highest BCUT2D eigenvalue weighted by Gasteiger charge is 2.29. The van der Waals surface area contributed by atoms with E-state index in [4.69, 9.17) is 23.2 Å². The quantitative estimate of drug-likeness (QED) is 0.631. The van der Waals surface area contributed by atoms with Gasteiger partial charge in [-0.05, 0) is 35.2 Å². The summed E-state index contributed by atoms with van der Waals surface area (Å²) in [6, 6.07) is 25.1. The molecule has 122 valence electrons. The van der Waals surface area contributed by atoms with Crippen molar-refractivity contribution in [2.24, 2.45) is 0 Å². The van der Waals surface area contributed by atoms with Gasteiger partial charge in [-0.3, -0.25) is 0 Å². The van der Waals surface area contributed by atoms with Gasteiger partial charge in [0.2, 0.25) is 0 Å². The first kappa shape index (κ1) is 17.3. The largest absolute Gasteiger partial charge is 0.383 e. The molecule has 0 amide bonds. The van der Waals surface area contributed by atoms with Crippen LogP contribution in [0.15, 0.2) is 78.9 Å². The summed E-state index contributed by atoms with van der Waals surface area (Å²) in [4.78, 5) is 0. The molecule has 0 aromatic heterocycles. The number of benzene rings is 3. The van der Waals surface area contributed by atoms with Gasteiger partial charge in [-0.25, -0.2) is 0 Å². The van der Waals surface area contributed by atoms with Gasteiger partial charge >= 0.3 is 0 Å². The Morgan fingerprint density at radius 3 is 1.71 bits per heavy atom. The number of aliphatic hydroxyl groups is 1. The molecule has 0 spiro atoms. The summed E-state index contributed by atoms with van der Waals surface area (Å²) < 4.78 is 0. The fourth-order valence-electron chi connectivity index (χ4n) is 2.75. The summed E-state index contributed by atoms with van der Waals surface area (Å²) >= 11 is 12.2. The van der Waals surface area contributed by atoms with Crippen molar-refractivity contribution in [3.05, 3.63) is 94.5 Å². The van der Waals surface area contributed by atoms with Crippen molar-refractivity contribution in [3.8, 4) is 0 Å². The highest BCUT2D eigenvalue weighted by Crippen LogP contribution is 2.55. The lowest BCUT2D eigenvalue weighted by Crippen LogP contribution is -2.21.